The van der Waals surface area contributed by atoms with Crippen molar-refractivity contribution in [1.29, 1.82) is 0 Å². The molecule has 0 bridgehead atoms. The fraction of sp³-hybridized carbons (Fsp3) is 0.0588. The van der Waals surface area contributed by atoms with Gasteiger partial charge in [-0.2, -0.15) is 0 Å². The second-order valence-corrected chi connectivity index (χ2v) is 5.05. The molecule has 2 aromatic carbocycles. The number of nitrogens with zero attached hydrogens (tertiary/aromatic N) is 1. The summed E-state index contributed by atoms with van der Waals surface area (Å²) in [5, 5.41) is 1.02. The molecule has 0 N–H and O–H groups in total. The standard InChI is InChI=1S/C17H10FNO3/c18-10-5-7-11(8-6-10)19-16(21)13-4-2-1-3-12(13)15-14(20)9-22-17(15)19/h1-8H,9H2. The fourth-order valence-electron chi connectivity index (χ4n) is 2.76. The Balaban J connectivity index is 2.16. The normalized spacial score (nSPS) is 13.2. The summed E-state index contributed by atoms with van der Waals surface area (Å²) >= 11 is 0. The molecule has 0 unspecified atom stereocenters. The molecule has 0 saturated carbocycles. The van der Waals surface area contributed by atoms with Crippen molar-refractivity contribution in [2.75, 3.05) is 6.61 Å². The van der Waals surface area contributed by atoms with Gasteiger partial charge >= 0.3 is 0 Å². The van der Waals surface area contributed by atoms with Crippen LogP contribution in [0.25, 0.3) is 16.5 Å². The van der Waals surface area contributed by atoms with Crippen molar-refractivity contribution in [2.45, 2.75) is 0 Å². The van der Waals surface area contributed by atoms with E-state index in [1.165, 1.54) is 28.8 Å². The van der Waals surface area contributed by atoms with Gasteiger partial charge in [0.05, 0.1) is 11.3 Å². The highest BCUT2D eigenvalue weighted by Crippen LogP contribution is 2.32. The number of halogens is 1. The lowest BCUT2D eigenvalue weighted by atomic mass is 10.0. The fourth-order valence-corrected chi connectivity index (χ4v) is 2.76. The number of pyridine rings is 1. The van der Waals surface area contributed by atoms with E-state index in [-0.39, 0.29) is 23.8 Å². The molecule has 4 nitrogen and oxygen atoms in total. The van der Waals surface area contributed by atoms with Crippen molar-refractivity contribution >= 4 is 16.6 Å². The molecule has 22 heavy (non-hydrogen) atoms. The van der Waals surface area contributed by atoms with Crippen molar-refractivity contribution < 1.29 is 13.9 Å². The van der Waals surface area contributed by atoms with Gasteiger partial charge in [-0.1, -0.05) is 18.2 Å². The van der Waals surface area contributed by atoms with Gasteiger partial charge < -0.3 is 4.74 Å². The lowest BCUT2D eigenvalue weighted by Gasteiger charge is -2.13. The van der Waals surface area contributed by atoms with Gasteiger partial charge in [-0.15, -0.1) is 0 Å². The number of hydrogen-bond acceptors (Lipinski definition) is 3. The minimum Gasteiger partial charge on any atom is -0.470 e. The Labute approximate surface area is 124 Å². The molecule has 1 aliphatic heterocycles. The van der Waals surface area contributed by atoms with Gasteiger partial charge in [0.15, 0.2) is 6.61 Å². The lowest BCUT2D eigenvalue weighted by Crippen LogP contribution is -2.20. The van der Waals surface area contributed by atoms with Crippen molar-refractivity contribution in [3.8, 4) is 11.6 Å². The van der Waals surface area contributed by atoms with Crippen LogP contribution in [-0.2, 0) is 0 Å². The average molecular weight is 295 g/mol. The van der Waals surface area contributed by atoms with Gasteiger partial charge in [-0.25, -0.2) is 8.96 Å². The maximum atomic E-state index is 13.1. The first-order valence-corrected chi connectivity index (χ1v) is 6.76. The Kier molecular flexibility index (Phi) is 2.63. The molecule has 0 spiro atoms. The molecule has 4 rings (SSSR count). The third-order valence-corrected chi connectivity index (χ3v) is 3.75. The van der Waals surface area contributed by atoms with Gasteiger partial charge in [-0.05, 0) is 30.3 Å². The van der Waals surface area contributed by atoms with Crippen LogP contribution in [0.2, 0.25) is 0 Å². The van der Waals surface area contributed by atoms with E-state index in [9.17, 15) is 14.0 Å². The van der Waals surface area contributed by atoms with Crippen LogP contribution < -0.4 is 10.3 Å². The predicted molar refractivity (Wildman–Crippen MR) is 79.3 cm³/mol. The highest BCUT2D eigenvalue weighted by atomic mass is 19.1. The van der Waals surface area contributed by atoms with E-state index in [0.717, 1.165) is 0 Å². The number of carbonyl (C=O) groups excluding carboxylic acids is 1. The number of ketones is 1. The lowest BCUT2D eigenvalue weighted by molar-refractivity contribution is 0.0961. The molecule has 108 valence electrons. The van der Waals surface area contributed by atoms with Gasteiger partial charge in [0, 0.05) is 10.8 Å². The Bertz CT molecular complexity index is 974. The molecule has 0 radical (unpaired) electrons. The summed E-state index contributed by atoms with van der Waals surface area (Å²) < 4.78 is 19.9. The van der Waals surface area contributed by atoms with Gasteiger partial charge in [0.25, 0.3) is 5.56 Å². The van der Waals surface area contributed by atoms with Crippen molar-refractivity contribution in [3.63, 3.8) is 0 Å². The third-order valence-electron chi connectivity index (χ3n) is 3.75. The number of fused-ring (bicyclic) bond motifs is 3. The van der Waals surface area contributed by atoms with E-state index in [1.54, 1.807) is 24.3 Å². The smallest absolute Gasteiger partial charge is 0.265 e. The maximum absolute atomic E-state index is 13.1. The van der Waals surface area contributed by atoms with Gasteiger partial charge in [0.2, 0.25) is 11.7 Å². The molecule has 2 heterocycles. The summed E-state index contributed by atoms with van der Waals surface area (Å²) in [7, 11) is 0. The summed E-state index contributed by atoms with van der Waals surface area (Å²) in [6.07, 6.45) is 0. The number of hydrogen-bond donors (Lipinski definition) is 0. The second kappa shape index (κ2) is 4.53. The summed E-state index contributed by atoms with van der Waals surface area (Å²) in [4.78, 5) is 24.9. The Morgan fingerprint density at radius 3 is 2.36 bits per heavy atom. The summed E-state index contributed by atoms with van der Waals surface area (Å²) in [5.41, 5.74) is 0.568. The largest absolute Gasteiger partial charge is 0.470 e. The molecule has 0 atom stereocenters. The van der Waals surface area contributed by atoms with Crippen LogP contribution in [0.15, 0.2) is 53.3 Å². The van der Waals surface area contributed by atoms with Crippen molar-refractivity contribution in [3.05, 3.63) is 70.3 Å². The van der Waals surface area contributed by atoms with E-state index in [4.69, 9.17) is 4.74 Å². The van der Waals surface area contributed by atoms with Crippen molar-refractivity contribution in [1.82, 2.24) is 4.57 Å². The predicted octanol–water partition coefficient (Wildman–Crippen LogP) is 2.70. The quantitative estimate of drug-likeness (QED) is 0.693. The maximum Gasteiger partial charge on any atom is 0.265 e. The first-order valence-electron chi connectivity index (χ1n) is 6.76. The number of aromatic nitrogens is 1. The van der Waals surface area contributed by atoms with Crippen molar-refractivity contribution in [2.24, 2.45) is 0 Å². The van der Waals surface area contributed by atoms with Gasteiger partial charge in [-0.3, -0.25) is 9.59 Å². The SMILES string of the molecule is O=C1COc2c1c1ccccc1c(=O)n2-c1ccc(F)cc1. The molecule has 0 aliphatic carbocycles. The molecular weight excluding hydrogens is 285 g/mol. The van der Waals surface area contributed by atoms with Crippen LogP contribution in [0, 0.1) is 5.82 Å². The minimum atomic E-state index is -0.397. The molecule has 5 heteroatoms. The molecular formula is C17H10FNO3. The zero-order valence-corrected chi connectivity index (χ0v) is 11.4. The average Bonchev–Trinajstić information content (AvgIpc) is 2.91. The highest BCUT2D eigenvalue weighted by Gasteiger charge is 2.29. The molecule has 1 aliphatic rings. The zero-order chi connectivity index (χ0) is 15.3. The van der Waals surface area contributed by atoms with Crippen LogP contribution >= 0.6 is 0 Å². The Hall–Kier alpha value is -2.95. The first kappa shape index (κ1) is 12.8. The first-order chi connectivity index (χ1) is 10.7. The number of Topliss-reactive ketones (excluding diaryl/α,β-unsaturated/α-hetero) is 1. The van der Waals surface area contributed by atoms with E-state index >= 15 is 0 Å². The van der Waals surface area contributed by atoms with Crippen LogP contribution in [0.5, 0.6) is 5.88 Å². The van der Waals surface area contributed by atoms with Crippen LogP contribution in [0.1, 0.15) is 10.4 Å². The molecule has 0 fully saturated rings. The monoisotopic (exact) mass is 295 g/mol. The van der Waals surface area contributed by atoms with E-state index in [1.807, 2.05) is 0 Å². The Morgan fingerprint density at radius 2 is 1.64 bits per heavy atom. The highest BCUT2D eigenvalue weighted by molar-refractivity contribution is 6.12. The van der Waals surface area contributed by atoms with Crippen LogP contribution in [0.4, 0.5) is 4.39 Å². The second-order valence-electron chi connectivity index (χ2n) is 5.05. The van der Waals surface area contributed by atoms with E-state index in [0.29, 0.717) is 22.0 Å². The van der Waals surface area contributed by atoms with E-state index in [2.05, 4.69) is 0 Å². The molecule has 1 aromatic heterocycles. The number of rotatable bonds is 1. The molecule has 3 aromatic rings. The number of benzene rings is 2. The summed E-state index contributed by atoms with van der Waals surface area (Å²) in [6, 6.07) is 12.4. The molecule has 0 amide bonds. The topological polar surface area (TPSA) is 48.3 Å². The summed E-state index contributed by atoms with van der Waals surface area (Å²) in [5.74, 6) is -0.339. The summed E-state index contributed by atoms with van der Waals surface area (Å²) in [6.45, 7) is -0.0933. The van der Waals surface area contributed by atoms with Gasteiger partial charge in [0.1, 0.15) is 5.82 Å². The minimum absolute atomic E-state index is 0.0933. The Morgan fingerprint density at radius 1 is 0.955 bits per heavy atom. The third kappa shape index (κ3) is 1.69. The zero-order valence-electron chi connectivity index (χ0n) is 11.4. The van der Waals surface area contributed by atoms with E-state index < -0.39 is 5.82 Å². The number of carbonyl (C=O) groups is 1. The number of ether oxygens (including phenoxy) is 1. The molecule has 0 saturated heterocycles. The van der Waals surface area contributed by atoms with Crippen LogP contribution in [0.3, 0.4) is 0 Å². The van der Waals surface area contributed by atoms with Crippen LogP contribution in [-0.4, -0.2) is 17.0 Å².